The Labute approximate surface area is 382 Å². The third kappa shape index (κ3) is 6.01. The molecule has 0 unspecified atom stereocenters. The van der Waals surface area contributed by atoms with E-state index in [4.69, 9.17) is 19.9 Å². The molecule has 0 aliphatic heterocycles. The molecule has 0 saturated heterocycles. The van der Waals surface area contributed by atoms with Gasteiger partial charge in [0.1, 0.15) is 0 Å². The average Bonchev–Trinajstić information content (AvgIpc) is 3.83. The van der Waals surface area contributed by atoms with Crippen molar-refractivity contribution in [2.45, 2.75) is 19.3 Å². The minimum Gasteiger partial charge on any atom is -0.309 e. The normalized spacial score (nSPS) is 12.8. The Hall–Kier alpha value is -8.54. The summed E-state index contributed by atoms with van der Waals surface area (Å²) < 4.78 is 2.44. The molecular formula is C61H41N5. The lowest BCUT2D eigenvalue weighted by Gasteiger charge is -2.22. The zero-order chi connectivity index (χ0) is 43.9. The summed E-state index contributed by atoms with van der Waals surface area (Å²) in [6.07, 6.45) is 1.88. The molecule has 66 heavy (non-hydrogen) atoms. The zero-order valence-electron chi connectivity index (χ0n) is 36.4. The van der Waals surface area contributed by atoms with E-state index in [0.29, 0.717) is 17.5 Å². The lowest BCUT2D eigenvalue weighted by Crippen LogP contribution is -2.15. The van der Waals surface area contributed by atoms with Crippen LogP contribution in [0.1, 0.15) is 25.0 Å². The zero-order valence-corrected chi connectivity index (χ0v) is 36.4. The standard InChI is InChI=1S/C61H41N5/c1-61(2)52-31-30-40-17-9-10-22-47(40)56(52)51-36-50-49-23-11-12-25-54(49)66(55(50)37-53(51)61)46-34-44(48-24-13-20-41-21-14-32-62-57(41)48)33-45(35-46)60-64-58(42-18-7-4-8-19-42)63-59(65-60)43-28-26-39(27-29-43)38-15-5-3-6-16-38/h3-37H,1-2H3. The van der Waals surface area contributed by atoms with Crippen molar-refractivity contribution in [3.05, 3.63) is 224 Å². The minimum absolute atomic E-state index is 0.208. The molecule has 0 spiro atoms. The Kier molecular flexibility index (Phi) is 8.49. The van der Waals surface area contributed by atoms with Crippen LogP contribution in [0.2, 0.25) is 0 Å². The molecule has 3 heterocycles. The van der Waals surface area contributed by atoms with Gasteiger partial charge in [-0.05, 0) is 92.2 Å². The van der Waals surface area contributed by atoms with Gasteiger partial charge in [0.15, 0.2) is 17.5 Å². The number of hydrogen-bond donors (Lipinski definition) is 0. The van der Waals surface area contributed by atoms with Gasteiger partial charge in [-0.1, -0.05) is 178 Å². The van der Waals surface area contributed by atoms with E-state index in [1.54, 1.807) is 0 Å². The smallest absolute Gasteiger partial charge is 0.164 e. The monoisotopic (exact) mass is 843 g/mol. The highest BCUT2D eigenvalue weighted by atomic mass is 15.0. The maximum absolute atomic E-state index is 5.31. The Morgan fingerprint density at radius 3 is 1.77 bits per heavy atom. The summed E-state index contributed by atoms with van der Waals surface area (Å²) in [4.78, 5) is 20.6. The molecule has 5 heteroatoms. The van der Waals surface area contributed by atoms with Crippen molar-refractivity contribution in [1.29, 1.82) is 0 Å². The highest BCUT2D eigenvalue weighted by Gasteiger charge is 2.37. The number of nitrogens with zero attached hydrogens (tertiary/aromatic N) is 5. The van der Waals surface area contributed by atoms with Crippen LogP contribution in [0, 0.1) is 0 Å². The number of fused-ring (bicyclic) bond motifs is 9. The highest BCUT2D eigenvalue weighted by molar-refractivity contribution is 6.13. The molecular weight excluding hydrogens is 803 g/mol. The molecule has 0 N–H and O–H groups in total. The van der Waals surface area contributed by atoms with Crippen LogP contribution in [0.3, 0.4) is 0 Å². The SMILES string of the molecule is CC1(C)c2cc3c(cc2-c2c1ccc1ccccc21)c1ccccc1n3-c1cc(-c2nc(-c3ccccc3)nc(-c3ccc(-c4ccccc4)cc3)n2)cc(-c2cccc3cccnc23)c1. The summed E-state index contributed by atoms with van der Waals surface area (Å²) in [6, 6.07) is 73.6. The van der Waals surface area contributed by atoms with E-state index >= 15 is 0 Å². The molecule has 5 nitrogen and oxygen atoms in total. The first kappa shape index (κ1) is 38.0. The third-order valence-corrected chi connectivity index (χ3v) is 13.7. The molecule has 12 aromatic rings. The van der Waals surface area contributed by atoms with Crippen LogP contribution in [0.5, 0.6) is 0 Å². The van der Waals surface area contributed by atoms with Gasteiger partial charge >= 0.3 is 0 Å². The van der Waals surface area contributed by atoms with Crippen molar-refractivity contribution in [3.63, 3.8) is 0 Å². The molecule has 0 atom stereocenters. The largest absolute Gasteiger partial charge is 0.309 e. The maximum Gasteiger partial charge on any atom is 0.164 e. The molecule has 3 aromatic heterocycles. The van der Waals surface area contributed by atoms with Gasteiger partial charge in [-0.15, -0.1) is 0 Å². The molecule has 0 amide bonds. The molecule has 0 bridgehead atoms. The van der Waals surface area contributed by atoms with Crippen molar-refractivity contribution < 1.29 is 0 Å². The van der Waals surface area contributed by atoms with Gasteiger partial charge in [-0.25, -0.2) is 15.0 Å². The van der Waals surface area contributed by atoms with E-state index in [2.05, 4.69) is 194 Å². The fraction of sp³-hybridized carbons (Fsp3) is 0.0492. The van der Waals surface area contributed by atoms with Crippen molar-refractivity contribution in [1.82, 2.24) is 24.5 Å². The van der Waals surface area contributed by atoms with Crippen molar-refractivity contribution >= 4 is 43.5 Å². The van der Waals surface area contributed by atoms with Crippen LogP contribution in [0.15, 0.2) is 212 Å². The van der Waals surface area contributed by atoms with Gasteiger partial charge in [0.2, 0.25) is 0 Å². The number of pyridine rings is 1. The molecule has 1 aliphatic rings. The van der Waals surface area contributed by atoms with E-state index < -0.39 is 0 Å². The maximum atomic E-state index is 5.31. The van der Waals surface area contributed by atoms with Crippen LogP contribution < -0.4 is 0 Å². The number of hydrogen-bond acceptors (Lipinski definition) is 4. The van der Waals surface area contributed by atoms with Crippen molar-refractivity contribution in [2.24, 2.45) is 0 Å². The van der Waals surface area contributed by atoms with Gasteiger partial charge in [-0.2, -0.15) is 0 Å². The van der Waals surface area contributed by atoms with Crippen LogP contribution in [-0.2, 0) is 5.41 Å². The van der Waals surface area contributed by atoms with Crippen LogP contribution >= 0.6 is 0 Å². The fourth-order valence-electron chi connectivity index (χ4n) is 10.4. The van der Waals surface area contributed by atoms with E-state index in [-0.39, 0.29) is 5.41 Å². The first-order valence-electron chi connectivity index (χ1n) is 22.5. The predicted octanol–water partition coefficient (Wildman–Crippen LogP) is 15.3. The van der Waals surface area contributed by atoms with Crippen molar-refractivity contribution in [3.8, 4) is 73.2 Å². The quantitative estimate of drug-likeness (QED) is 0.167. The Balaban J connectivity index is 1.07. The molecule has 9 aromatic carbocycles. The number of para-hydroxylation sites is 2. The first-order chi connectivity index (χ1) is 32.5. The Morgan fingerprint density at radius 2 is 0.985 bits per heavy atom. The van der Waals surface area contributed by atoms with Gasteiger partial charge in [0.05, 0.1) is 16.6 Å². The van der Waals surface area contributed by atoms with E-state index in [0.717, 1.165) is 66.6 Å². The molecule has 0 saturated carbocycles. The second-order valence-electron chi connectivity index (χ2n) is 17.9. The summed E-state index contributed by atoms with van der Waals surface area (Å²) >= 11 is 0. The van der Waals surface area contributed by atoms with E-state index in [1.807, 2.05) is 36.5 Å². The summed E-state index contributed by atoms with van der Waals surface area (Å²) in [5.41, 5.74) is 16.4. The molecule has 13 rings (SSSR count). The van der Waals surface area contributed by atoms with Gasteiger partial charge in [0, 0.05) is 55.7 Å². The summed E-state index contributed by atoms with van der Waals surface area (Å²) in [5.74, 6) is 1.81. The minimum atomic E-state index is -0.208. The summed E-state index contributed by atoms with van der Waals surface area (Å²) in [5, 5.41) is 6.05. The van der Waals surface area contributed by atoms with Crippen LogP contribution in [0.25, 0.3) is 117 Å². The molecule has 0 fully saturated rings. The van der Waals surface area contributed by atoms with Crippen LogP contribution in [0.4, 0.5) is 0 Å². The number of benzene rings is 9. The molecule has 1 aliphatic carbocycles. The topological polar surface area (TPSA) is 56.5 Å². The molecule has 310 valence electrons. The average molecular weight is 844 g/mol. The number of rotatable bonds is 6. The lowest BCUT2D eigenvalue weighted by molar-refractivity contribution is 0.661. The second kappa shape index (κ2) is 14.8. The summed E-state index contributed by atoms with van der Waals surface area (Å²) in [6.45, 7) is 4.74. The predicted molar refractivity (Wildman–Crippen MR) is 272 cm³/mol. The Morgan fingerprint density at radius 1 is 0.379 bits per heavy atom. The van der Waals surface area contributed by atoms with Crippen molar-refractivity contribution in [2.75, 3.05) is 0 Å². The van der Waals surface area contributed by atoms with Gasteiger partial charge < -0.3 is 4.57 Å². The summed E-state index contributed by atoms with van der Waals surface area (Å²) in [7, 11) is 0. The highest BCUT2D eigenvalue weighted by Crippen LogP contribution is 2.53. The van der Waals surface area contributed by atoms with Crippen LogP contribution in [-0.4, -0.2) is 24.5 Å². The lowest BCUT2D eigenvalue weighted by atomic mass is 9.82. The fourth-order valence-corrected chi connectivity index (χ4v) is 10.4. The molecule has 0 radical (unpaired) electrons. The third-order valence-electron chi connectivity index (χ3n) is 13.7. The second-order valence-corrected chi connectivity index (χ2v) is 17.9. The Bertz CT molecular complexity index is 3880. The van der Waals surface area contributed by atoms with E-state index in [9.17, 15) is 0 Å². The van der Waals surface area contributed by atoms with E-state index in [1.165, 1.54) is 43.8 Å². The van der Waals surface area contributed by atoms with Gasteiger partial charge in [0.25, 0.3) is 0 Å². The number of aromatic nitrogens is 5. The van der Waals surface area contributed by atoms with Gasteiger partial charge in [-0.3, -0.25) is 4.98 Å². The first-order valence-corrected chi connectivity index (χ1v) is 22.5.